The zero-order valence-corrected chi connectivity index (χ0v) is 9.94. The van der Waals surface area contributed by atoms with E-state index in [0.717, 1.165) is 13.1 Å². The molecule has 1 fully saturated rings. The van der Waals surface area contributed by atoms with E-state index >= 15 is 0 Å². The molecule has 0 amide bonds. The average Bonchev–Trinajstić information content (AvgIpc) is 2.23. The Morgan fingerprint density at radius 3 is 2.27 bits per heavy atom. The Morgan fingerprint density at radius 1 is 1.07 bits per heavy atom. The van der Waals surface area contributed by atoms with E-state index in [4.69, 9.17) is 0 Å². The van der Waals surface area contributed by atoms with Crippen LogP contribution in [0.15, 0.2) is 29.8 Å². The van der Waals surface area contributed by atoms with Crippen molar-refractivity contribution in [2.75, 3.05) is 13.1 Å². The van der Waals surface area contributed by atoms with Gasteiger partial charge in [-0.25, -0.2) is 0 Å². The van der Waals surface area contributed by atoms with Crippen LogP contribution in [0.3, 0.4) is 0 Å². The average molecular weight is 224 g/mol. The van der Waals surface area contributed by atoms with Crippen LogP contribution < -0.4 is 5.32 Å². The fourth-order valence-electron chi connectivity index (χ4n) is 1.79. The zero-order valence-electron chi connectivity index (χ0n) is 9.12. The maximum Gasteiger partial charge on any atom is -0.00113 e. The first-order chi connectivity index (χ1) is 6.84. The predicted octanol–water partition coefficient (Wildman–Crippen LogP) is 3.18. The van der Waals surface area contributed by atoms with Crippen LogP contribution in [0.2, 0.25) is 0 Å². The van der Waals surface area contributed by atoms with Crippen LogP contribution in [-0.2, 0) is 0 Å². The second kappa shape index (κ2) is 5.94. The van der Waals surface area contributed by atoms with E-state index in [-0.39, 0.29) is 12.4 Å². The number of hydrogen-bond acceptors (Lipinski definition) is 1. The Morgan fingerprint density at radius 2 is 1.67 bits per heavy atom. The topological polar surface area (TPSA) is 12.0 Å². The number of aryl methyl sites for hydroxylation is 1. The Bertz CT molecular complexity index is 319. The number of benzene rings is 1. The van der Waals surface area contributed by atoms with Crippen LogP contribution in [-0.4, -0.2) is 13.1 Å². The SMILES string of the molecule is Cc1ccc(C=C2CCNCC2)cc1.Cl. The van der Waals surface area contributed by atoms with Crippen molar-refractivity contribution in [3.63, 3.8) is 0 Å². The molecule has 0 bridgehead atoms. The smallest absolute Gasteiger partial charge is 0.00113 e. The van der Waals surface area contributed by atoms with Gasteiger partial charge in [0.25, 0.3) is 0 Å². The fraction of sp³-hybridized carbons (Fsp3) is 0.385. The Kier molecular flexibility index (Phi) is 4.86. The highest BCUT2D eigenvalue weighted by Crippen LogP contribution is 2.15. The van der Waals surface area contributed by atoms with Gasteiger partial charge in [0.05, 0.1) is 0 Å². The summed E-state index contributed by atoms with van der Waals surface area (Å²) in [6.07, 6.45) is 4.74. The number of rotatable bonds is 1. The molecule has 0 aliphatic carbocycles. The molecule has 1 aromatic carbocycles. The van der Waals surface area contributed by atoms with Crippen LogP contribution in [0.5, 0.6) is 0 Å². The summed E-state index contributed by atoms with van der Waals surface area (Å²) in [5, 5.41) is 3.37. The van der Waals surface area contributed by atoms with Gasteiger partial charge in [-0.1, -0.05) is 41.5 Å². The molecule has 0 atom stereocenters. The summed E-state index contributed by atoms with van der Waals surface area (Å²) in [5.41, 5.74) is 4.25. The molecule has 2 heteroatoms. The molecule has 0 spiro atoms. The standard InChI is InChI=1S/C13H17N.ClH/c1-11-2-4-12(5-3-11)10-13-6-8-14-9-7-13;/h2-5,10,14H,6-9H2,1H3;1H. The van der Waals surface area contributed by atoms with Crippen molar-refractivity contribution < 1.29 is 0 Å². The highest BCUT2D eigenvalue weighted by atomic mass is 35.5. The van der Waals surface area contributed by atoms with Crippen LogP contribution in [0.4, 0.5) is 0 Å². The van der Waals surface area contributed by atoms with Gasteiger partial charge in [-0.3, -0.25) is 0 Å². The van der Waals surface area contributed by atoms with Crippen LogP contribution >= 0.6 is 12.4 Å². The molecule has 0 unspecified atom stereocenters. The first kappa shape index (κ1) is 12.3. The summed E-state index contributed by atoms with van der Waals surface area (Å²) in [7, 11) is 0. The van der Waals surface area contributed by atoms with Crippen molar-refractivity contribution in [3.8, 4) is 0 Å². The second-order valence-electron chi connectivity index (χ2n) is 3.96. The maximum absolute atomic E-state index is 3.37. The van der Waals surface area contributed by atoms with E-state index in [1.54, 1.807) is 5.57 Å². The Labute approximate surface area is 98.0 Å². The highest BCUT2D eigenvalue weighted by Gasteiger charge is 2.03. The van der Waals surface area contributed by atoms with Crippen molar-refractivity contribution in [1.29, 1.82) is 0 Å². The number of halogens is 1. The largest absolute Gasteiger partial charge is 0.316 e. The molecule has 0 saturated carbocycles. The molecule has 1 saturated heterocycles. The van der Waals surface area contributed by atoms with Crippen molar-refractivity contribution in [1.82, 2.24) is 5.32 Å². The summed E-state index contributed by atoms with van der Waals surface area (Å²) >= 11 is 0. The molecule has 1 aromatic rings. The Hall–Kier alpha value is -0.790. The molecule has 1 N–H and O–H groups in total. The summed E-state index contributed by atoms with van der Waals surface area (Å²) in [4.78, 5) is 0. The maximum atomic E-state index is 3.37. The van der Waals surface area contributed by atoms with Gasteiger partial charge in [0.1, 0.15) is 0 Å². The molecule has 0 aromatic heterocycles. The lowest BCUT2D eigenvalue weighted by Crippen LogP contribution is -2.22. The van der Waals surface area contributed by atoms with E-state index in [0.29, 0.717) is 0 Å². The number of hydrogen-bond donors (Lipinski definition) is 1. The molecule has 15 heavy (non-hydrogen) atoms. The monoisotopic (exact) mass is 223 g/mol. The molecule has 1 heterocycles. The Balaban J connectivity index is 0.00000112. The third-order valence-electron chi connectivity index (χ3n) is 2.69. The molecular formula is C13H18ClN. The fourth-order valence-corrected chi connectivity index (χ4v) is 1.79. The molecule has 1 aliphatic rings. The molecule has 2 rings (SSSR count). The summed E-state index contributed by atoms with van der Waals surface area (Å²) in [6, 6.07) is 8.75. The highest BCUT2D eigenvalue weighted by molar-refractivity contribution is 5.85. The van der Waals surface area contributed by atoms with Crippen molar-refractivity contribution in [2.45, 2.75) is 19.8 Å². The van der Waals surface area contributed by atoms with Gasteiger partial charge in [-0.2, -0.15) is 0 Å². The van der Waals surface area contributed by atoms with Gasteiger partial charge in [0.15, 0.2) is 0 Å². The van der Waals surface area contributed by atoms with E-state index in [1.165, 1.54) is 24.0 Å². The van der Waals surface area contributed by atoms with Gasteiger partial charge in [0.2, 0.25) is 0 Å². The predicted molar refractivity (Wildman–Crippen MR) is 68.5 cm³/mol. The minimum absolute atomic E-state index is 0. The lowest BCUT2D eigenvalue weighted by atomic mass is 10.0. The molecule has 82 valence electrons. The number of nitrogens with one attached hydrogen (secondary N) is 1. The summed E-state index contributed by atoms with van der Waals surface area (Å²) in [5.74, 6) is 0. The third kappa shape index (κ3) is 3.69. The van der Waals surface area contributed by atoms with E-state index in [9.17, 15) is 0 Å². The van der Waals surface area contributed by atoms with Gasteiger partial charge in [0, 0.05) is 0 Å². The zero-order chi connectivity index (χ0) is 9.80. The first-order valence-electron chi connectivity index (χ1n) is 5.31. The van der Waals surface area contributed by atoms with Gasteiger partial charge >= 0.3 is 0 Å². The van der Waals surface area contributed by atoms with E-state index in [2.05, 4.69) is 42.6 Å². The summed E-state index contributed by atoms with van der Waals surface area (Å²) in [6.45, 7) is 4.40. The lowest BCUT2D eigenvalue weighted by Gasteiger charge is -2.15. The van der Waals surface area contributed by atoms with Crippen molar-refractivity contribution in [2.24, 2.45) is 0 Å². The second-order valence-corrected chi connectivity index (χ2v) is 3.96. The van der Waals surface area contributed by atoms with Crippen molar-refractivity contribution in [3.05, 3.63) is 41.0 Å². The molecular weight excluding hydrogens is 206 g/mol. The molecule has 0 radical (unpaired) electrons. The van der Waals surface area contributed by atoms with Gasteiger partial charge < -0.3 is 5.32 Å². The van der Waals surface area contributed by atoms with Gasteiger partial charge in [-0.05, 0) is 38.4 Å². The van der Waals surface area contributed by atoms with Crippen LogP contribution in [0.25, 0.3) is 6.08 Å². The summed E-state index contributed by atoms with van der Waals surface area (Å²) < 4.78 is 0. The molecule has 1 aliphatic heterocycles. The minimum Gasteiger partial charge on any atom is -0.316 e. The molecule has 1 nitrogen and oxygen atoms in total. The van der Waals surface area contributed by atoms with Crippen molar-refractivity contribution >= 4 is 18.5 Å². The third-order valence-corrected chi connectivity index (χ3v) is 2.69. The van der Waals surface area contributed by atoms with E-state index < -0.39 is 0 Å². The lowest BCUT2D eigenvalue weighted by molar-refractivity contribution is 0.613. The van der Waals surface area contributed by atoms with Crippen LogP contribution in [0, 0.1) is 6.92 Å². The van der Waals surface area contributed by atoms with Crippen LogP contribution in [0.1, 0.15) is 24.0 Å². The quantitative estimate of drug-likeness (QED) is 0.771. The van der Waals surface area contributed by atoms with E-state index in [1.807, 2.05) is 0 Å². The van der Waals surface area contributed by atoms with Gasteiger partial charge in [-0.15, -0.1) is 12.4 Å². The first-order valence-corrected chi connectivity index (χ1v) is 5.31. The normalized spacial score (nSPS) is 15.7. The minimum atomic E-state index is 0. The number of piperidine rings is 1.